The van der Waals surface area contributed by atoms with Crippen molar-refractivity contribution in [2.24, 2.45) is 0 Å². The first-order valence-electron chi connectivity index (χ1n) is 12.6. The normalized spacial score (nSPS) is 20.7. The zero-order valence-corrected chi connectivity index (χ0v) is 21.6. The lowest BCUT2D eigenvalue weighted by Crippen LogP contribution is -2.42. The molecule has 7 nitrogen and oxygen atoms in total. The molecule has 2 fully saturated rings. The smallest absolute Gasteiger partial charge is 0.295 e. The van der Waals surface area contributed by atoms with Crippen molar-refractivity contribution in [2.45, 2.75) is 39.2 Å². The number of hydrogen-bond donors (Lipinski definition) is 1. The molecule has 0 spiro atoms. The number of carbonyl (C=O) groups excluding carboxylic acids is 2. The first kappa shape index (κ1) is 25.9. The monoisotopic (exact) mass is 492 g/mol. The molecule has 0 bridgehead atoms. The Balaban J connectivity index is 1.75. The molecule has 0 aliphatic carbocycles. The van der Waals surface area contributed by atoms with Gasteiger partial charge in [-0.25, -0.2) is 0 Å². The summed E-state index contributed by atoms with van der Waals surface area (Å²) in [6, 6.07) is 14.3. The lowest BCUT2D eigenvalue weighted by molar-refractivity contribution is -0.140. The molecule has 0 saturated carbocycles. The molecule has 36 heavy (non-hydrogen) atoms. The summed E-state index contributed by atoms with van der Waals surface area (Å²) in [5.74, 6) is -0.847. The van der Waals surface area contributed by atoms with E-state index in [9.17, 15) is 14.7 Å². The second-order valence-electron chi connectivity index (χ2n) is 10.3. The van der Waals surface area contributed by atoms with Crippen LogP contribution in [0.1, 0.15) is 50.4 Å². The zero-order valence-electron chi connectivity index (χ0n) is 21.6. The third kappa shape index (κ3) is 5.47. The van der Waals surface area contributed by atoms with Gasteiger partial charge in [0.25, 0.3) is 11.7 Å². The Morgan fingerprint density at radius 2 is 1.75 bits per heavy atom. The molecule has 2 aliphatic rings. The molecule has 1 amide bonds. The van der Waals surface area contributed by atoms with E-state index in [-0.39, 0.29) is 16.7 Å². The highest BCUT2D eigenvalue weighted by atomic mass is 16.5. The molecule has 192 valence electrons. The van der Waals surface area contributed by atoms with Crippen molar-refractivity contribution in [3.63, 3.8) is 0 Å². The maximum absolute atomic E-state index is 13.3. The number of amides is 1. The van der Waals surface area contributed by atoms with E-state index >= 15 is 0 Å². The van der Waals surface area contributed by atoms with Crippen LogP contribution in [-0.4, -0.2) is 72.6 Å². The van der Waals surface area contributed by atoms with Crippen molar-refractivity contribution in [3.8, 4) is 5.75 Å². The van der Waals surface area contributed by atoms with Crippen LogP contribution in [0, 0.1) is 0 Å². The Hall–Kier alpha value is -3.16. The Morgan fingerprint density at radius 3 is 2.39 bits per heavy atom. The third-order valence-corrected chi connectivity index (χ3v) is 6.81. The molecule has 7 heteroatoms. The minimum Gasteiger partial charge on any atom is -0.507 e. The lowest BCUT2D eigenvalue weighted by Gasteiger charge is -2.31. The Morgan fingerprint density at radius 1 is 1.06 bits per heavy atom. The average Bonchev–Trinajstić information content (AvgIpc) is 3.12. The first-order valence-corrected chi connectivity index (χ1v) is 12.6. The standard InChI is InChI=1S/C29H36N2O5/c1-5-36-23-8-6-7-21(19-23)26(32)24-25(20-9-11-22(12-10-20)29(2,3)4)31(28(34)27(24)33)14-13-30-15-17-35-18-16-30/h6-12,19,25,32H,5,13-18H2,1-4H3/b26-24+. The fourth-order valence-corrected chi connectivity index (χ4v) is 4.75. The van der Waals surface area contributed by atoms with E-state index in [1.165, 1.54) is 0 Å². The van der Waals surface area contributed by atoms with Crippen LogP contribution in [0.2, 0.25) is 0 Å². The van der Waals surface area contributed by atoms with Gasteiger partial charge >= 0.3 is 0 Å². The highest BCUT2D eigenvalue weighted by Gasteiger charge is 2.46. The van der Waals surface area contributed by atoms with Gasteiger partial charge in [-0.1, -0.05) is 57.2 Å². The zero-order chi connectivity index (χ0) is 25.9. The van der Waals surface area contributed by atoms with Crippen molar-refractivity contribution in [2.75, 3.05) is 46.0 Å². The second kappa shape index (κ2) is 10.8. The molecule has 0 radical (unpaired) electrons. The van der Waals surface area contributed by atoms with Gasteiger partial charge in [-0.15, -0.1) is 0 Å². The molecule has 0 aromatic heterocycles. The van der Waals surface area contributed by atoms with E-state index in [1.54, 1.807) is 29.2 Å². The number of morpholine rings is 1. The van der Waals surface area contributed by atoms with E-state index in [0.717, 1.165) is 24.2 Å². The van der Waals surface area contributed by atoms with Crippen molar-refractivity contribution < 1.29 is 24.2 Å². The number of aliphatic hydroxyl groups is 1. The Bertz CT molecular complexity index is 1130. The van der Waals surface area contributed by atoms with Gasteiger partial charge in [0, 0.05) is 31.7 Å². The van der Waals surface area contributed by atoms with Crippen molar-refractivity contribution in [1.29, 1.82) is 0 Å². The Labute approximate surface area is 213 Å². The molecule has 1 N–H and O–H groups in total. The van der Waals surface area contributed by atoms with Crippen LogP contribution in [0.5, 0.6) is 5.75 Å². The number of rotatable bonds is 7. The Kier molecular flexibility index (Phi) is 7.81. The third-order valence-electron chi connectivity index (χ3n) is 6.81. The minimum atomic E-state index is -0.671. The predicted molar refractivity (Wildman–Crippen MR) is 139 cm³/mol. The number of likely N-dealkylation sites (tertiary alicyclic amines) is 1. The molecule has 2 heterocycles. The first-order chi connectivity index (χ1) is 17.2. The molecular formula is C29H36N2O5. The van der Waals surface area contributed by atoms with Crippen LogP contribution in [0.3, 0.4) is 0 Å². The molecule has 2 saturated heterocycles. The van der Waals surface area contributed by atoms with Gasteiger partial charge in [0.1, 0.15) is 11.5 Å². The summed E-state index contributed by atoms with van der Waals surface area (Å²) in [5, 5.41) is 11.3. The summed E-state index contributed by atoms with van der Waals surface area (Å²) in [6.45, 7) is 12.7. The summed E-state index contributed by atoms with van der Waals surface area (Å²) >= 11 is 0. The fourth-order valence-electron chi connectivity index (χ4n) is 4.75. The summed E-state index contributed by atoms with van der Waals surface area (Å²) in [7, 11) is 0. The van der Waals surface area contributed by atoms with Gasteiger partial charge in [-0.2, -0.15) is 0 Å². The maximum atomic E-state index is 13.3. The van der Waals surface area contributed by atoms with Crippen LogP contribution in [0.15, 0.2) is 54.1 Å². The van der Waals surface area contributed by atoms with Crippen molar-refractivity contribution in [3.05, 3.63) is 70.8 Å². The van der Waals surface area contributed by atoms with Crippen LogP contribution in [-0.2, 0) is 19.7 Å². The van der Waals surface area contributed by atoms with E-state index in [4.69, 9.17) is 9.47 Å². The summed E-state index contributed by atoms with van der Waals surface area (Å²) < 4.78 is 11.0. The van der Waals surface area contributed by atoms with Gasteiger partial charge in [0.15, 0.2) is 0 Å². The molecule has 2 aliphatic heterocycles. The van der Waals surface area contributed by atoms with Gasteiger partial charge in [0.05, 0.1) is 31.4 Å². The van der Waals surface area contributed by atoms with Crippen molar-refractivity contribution in [1.82, 2.24) is 9.80 Å². The van der Waals surface area contributed by atoms with Gasteiger partial charge < -0.3 is 19.5 Å². The van der Waals surface area contributed by atoms with Crippen molar-refractivity contribution >= 4 is 17.4 Å². The summed E-state index contributed by atoms with van der Waals surface area (Å²) in [6.07, 6.45) is 0. The molecule has 4 rings (SSSR count). The number of nitrogens with zero attached hydrogens (tertiary/aromatic N) is 2. The van der Waals surface area contributed by atoms with Crippen LogP contribution in [0.25, 0.3) is 5.76 Å². The molecule has 2 aromatic carbocycles. The molecule has 1 unspecified atom stereocenters. The van der Waals surface area contributed by atoms with E-state index in [1.807, 2.05) is 31.2 Å². The highest BCUT2D eigenvalue weighted by Crippen LogP contribution is 2.40. The summed E-state index contributed by atoms with van der Waals surface area (Å²) in [4.78, 5) is 30.4. The number of carbonyl (C=O) groups is 2. The average molecular weight is 493 g/mol. The number of ketones is 1. The lowest BCUT2D eigenvalue weighted by atomic mass is 9.85. The van der Waals surface area contributed by atoms with Gasteiger partial charge in [-0.05, 0) is 35.6 Å². The molecular weight excluding hydrogens is 456 g/mol. The number of benzene rings is 2. The fraction of sp³-hybridized carbons (Fsp3) is 0.448. The van der Waals surface area contributed by atoms with E-state index < -0.39 is 17.7 Å². The number of hydrogen-bond acceptors (Lipinski definition) is 6. The van der Waals surface area contributed by atoms with E-state index in [0.29, 0.717) is 44.2 Å². The summed E-state index contributed by atoms with van der Waals surface area (Å²) in [5.41, 5.74) is 2.48. The SMILES string of the molecule is CCOc1cccc(/C(O)=C2\C(=O)C(=O)N(CCN3CCOCC3)C2c2ccc(C(C)(C)C)cc2)c1. The number of ether oxygens (including phenoxy) is 2. The van der Waals surface area contributed by atoms with Gasteiger partial charge in [0.2, 0.25) is 0 Å². The molecule has 2 aromatic rings. The maximum Gasteiger partial charge on any atom is 0.295 e. The predicted octanol–water partition coefficient (Wildman–Crippen LogP) is 4.14. The quantitative estimate of drug-likeness (QED) is 0.356. The van der Waals surface area contributed by atoms with Crippen LogP contribution < -0.4 is 4.74 Å². The van der Waals surface area contributed by atoms with Gasteiger partial charge in [-0.3, -0.25) is 14.5 Å². The highest BCUT2D eigenvalue weighted by molar-refractivity contribution is 6.46. The van der Waals surface area contributed by atoms with Crippen LogP contribution >= 0.6 is 0 Å². The minimum absolute atomic E-state index is 0.0314. The van der Waals surface area contributed by atoms with Crippen LogP contribution in [0.4, 0.5) is 0 Å². The number of aliphatic hydroxyl groups excluding tert-OH is 1. The van der Waals surface area contributed by atoms with E-state index in [2.05, 4.69) is 25.7 Å². The topological polar surface area (TPSA) is 79.3 Å². The largest absolute Gasteiger partial charge is 0.507 e. The number of Topliss-reactive ketones (excluding diaryl/α,β-unsaturated/α-hetero) is 1. The second-order valence-corrected chi connectivity index (χ2v) is 10.3. The molecule has 1 atom stereocenters.